The number of pyridine rings is 1. The Morgan fingerprint density at radius 3 is 2.67 bits per heavy atom. The number of carbonyl (C=O) groups excluding carboxylic acids is 2. The Morgan fingerprint density at radius 2 is 1.93 bits per heavy atom. The molecule has 5 nitrogen and oxygen atoms in total. The zero-order chi connectivity index (χ0) is 20.5. The molecule has 1 aromatic heterocycles. The third-order valence-corrected chi connectivity index (χ3v) is 7.61. The molecule has 30 heavy (non-hydrogen) atoms. The zero-order valence-electron chi connectivity index (χ0n) is 17.1. The largest absolute Gasteiger partial charge is 0.338 e. The minimum absolute atomic E-state index is 0.118. The summed E-state index contributed by atoms with van der Waals surface area (Å²) >= 11 is 1.75. The Bertz CT molecular complexity index is 914. The van der Waals surface area contributed by atoms with E-state index in [1.165, 1.54) is 5.56 Å². The molecule has 2 saturated heterocycles. The number of piperidine rings is 2. The van der Waals surface area contributed by atoms with Gasteiger partial charge in [-0.15, -0.1) is 11.8 Å². The molecular formula is C24H27N3O2S. The molecule has 0 N–H and O–H groups in total. The van der Waals surface area contributed by atoms with E-state index in [-0.39, 0.29) is 5.91 Å². The van der Waals surface area contributed by atoms with Crippen LogP contribution >= 0.6 is 11.8 Å². The number of hydrogen-bond acceptors (Lipinski definition) is 4. The minimum atomic E-state index is 0.118. The quantitative estimate of drug-likeness (QED) is 0.685. The fourth-order valence-electron chi connectivity index (χ4n) is 4.83. The van der Waals surface area contributed by atoms with Crippen molar-refractivity contribution in [3.05, 3.63) is 59.9 Å². The maximum Gasteiger partial charge on any atom is 0.253 e. The van der Waals surface area contributed by atoms with Gasteiger partial charge in [-0.05, 0) is 67.5 Å². The van der Waals surface area contributed by atoms with Gasteiger partial charge in [-0.25, -0.2) is 0 Å². The Labute approximate surface area is 181 Å². The maximum absolute atomic E-state index is 13.1. The van der Waals surface area contributed by atoms with Gasteiger partial charge in [0.05, 0.1) is 0 Å². The number of thioether (sulfide) groups is 1. The van der Waals surface area contributed by atoms with Crippen molar-refractivity contribution in [1.82, 2.24) is 14.8 Å². The highest BCUT2D eigenvalue weighted by Gasteiger charge is 2.45. The minimum Gasteiger partial charge on any atom is -0.338 e. The average molecular weight is 422 g/mol. The van der Waals surface area contributed by atoms with E-state index in [0.717, 1.165) is 55.0 Å². The second-order valence-electron chi connectivity index (χ2n) is 8.61. The zero-order valence-corrected chi connectivity index (χ0v) is 17.9. The summed E-state index contributed by atoms with van der Waals surface area (Å²) in [6.45, 7) is 1.52. The average Bonchev–Trinajstić information content (AvgIpc) is 3.63. The molecule has 2 atom stereocenters. The van der Waals surface area contributed by atoms with Crippen molar-refractivity contribution in [2.75, 3.05) is 13.1 Å². The molecular weight excluding hydrogens is 394 g/mol. The number of nitrogens with zero attached hydrogens (tertiary/aromatic N) is 3. The van der Waals surface area contributed by atoms with E-state index in [4.69, 9.17) is 0 Å². The van der Waals surface area contributed by atoms with Gasteiger partial charge in [-0.1, -0.05) is 6.07 Å². The number of amides is 2. The van der Waals surface area contributed by atoms with E-state index >= 15 is 0 Å². The predicted octanol–water partition coefficient (Wildman–Crippen LogP) is 3.99. The molecule has 1 aromatic carbocycles. The molecule has 1 aliphatic carbocycles. The molecule has 2 aromatic rings. The third-order valence-electron chi connectivity index (χ3n) is 6.53. The SMILES string of the molecule is O=C(c1ccc(SCc2cccnc2)cc1)N1CC[C@H]2[C@H](CCC(=O)N2C2CC2)C1. The molecule has 0 radical (unpaired) electrons. The fourth-order valence-corrected chi connectivity index (χ4v) is 5.66. The third kappa shape index (κ3) is 4.10. The molecule has 3 aliphatic rings. The first-order valence-electron chi connectivity index (χ1n) is 10.9. The van der Waals surface area contributed by atoms with Crippen molar-refractivity contribution in [3.8, 4) is 0 Å². The van der Waals surface area contributed by atoms with Crippen LogP contribution in [-0.4, -0.2) is 51.8 Å². The first kappa shape index (κ1) is 19.6. The maximum atomic E-state index is 13.1. The van der Waals surface area contributed by atoms with Crippen LogP contribution in [0.5, 0.6) is 0 Å². The molecule has 3 fully saturated rings. The van der Waals surface area contributed by atoms with Crippen molar-refractivity contribution < 1.29 is 9.59 Å². The lowest BCUT2D eigenvalue weighted by Crippen LogP contribution is -2.57. The molecule has 0 spiro atoms. The highest BCUT2D eigenvalue weighted by Crippen LogP contribution is 2.39. The van der Waals surface area contributed by atoms with Gasteiger partial charge in [0.15, 0.2) is 0 Å². The number of likely N-dealkylation sites (tertiary alicyclic amines) is 2. The summed E-state index contributed by atoms with van der Waals surface area (Å²) in [7, 11) is 0. The number of aromatic nitrogens is 1. The van der Waals surface area contributed by atoms with Gasteiger partial charge >= 0.3 is 0 Å². The van der Waals surface area contributed by atoms with Crippen molar-refractivity contribution in [2.24, 2.45) is 5.92 Å². The summed E-state index contributed by atoms with van der Waals surface area (Å²) < 4.78 is 0. The lowest BCUT2D eigenvalue weighted by Gasteiger charge is -2.47. The summed E-state index contributed by atoms with van der Waals surface area (Å²) in [5.41, 5.74) is 1.95. The van der Waals surface area contributed by atoms with Crippen molar-refractivity contribution in [3.63, 3.8) is 0 Å². The van der Waals surface area contributed by atoms with E-state index in [9.17, 15) is 9.59 Å². The van der Waals surface area contributed by atoms with Gasteiger partial charge in [0, 0.05) is 60.2 Å². The van der Waals surface area contributed by atoms with Crippen LogP contribution in [-0.2, 0) is 10.5 Å². The summed E-state index contributed by atoms with van der Waals surface area (Å²) in [5.74, 6) is 1.74. The Morgan fingerprint density at radius 1 is 1.10 bits per heavy atom. The number of benzene rings is 1. The monoisotopic (exact) mass is 421 g/mol. The van der Waals surface area contributed by atoms with Gasteiger partial charge < -0.3 is 9.80 Å². The van der Waals surface area contributed by atoms with Crippen molar-refractivity contribution in [2.45, 2.75) is 54.8 Å². The predicted molar refractivity (Wildman–Crippen MR) is 117 cm³/mol. The molecule has 156 valence electrons. The van der Waals surface area contributed by atoms with E-state index in [0.29, 0.717) is 30.3 Å². The van der Waals surface area contributed by atoms with Gasteiger partial charge in [0.2, 0.25) is 5.91 Å². The summed E-state index contributed by atoms with van der Waals surface area (Å²) in [4.78, 5) is 34.9. The normalized spacial score (nSPS) is 23.9. The molecule has 0 bridgehead atoms. The topological polar surface area (TPSA) is 53.5 Å². The van der Waals surface area contributed by atoms with Crippen LogP contribution in [0.2, 0.25) is 0 Å². The van der Waals surface area contributed by atoms with Crippen LogP contribution < -0.4 is 0 Å². The number of rotatable bonds is 5. The van der Waals surface area contributed by atoms with Crippen molar-refractivity contribution >= 4 is 23.6 Å². The fraction of sp³-hybridized carbons (Fsp3) is 0.458. The van der Waals surface area contributed by atoms with Crippen LogP contribution in [0.15, 0.2) is 53.7 Å². The standard InChI is InChI=1S/C24H27N3O2S/c28-23-10-5-19-15-26(13-11-22(19)27(23)20-6-7-20)24(29)18-3-8-21(9-4-18)30-16-17-2-1-12-25-14-17/h1-4,8-9,12,14,19-20,22H,5-7,10-11,13,15-16H2/t19-,22+/m1/s1. The molecule has 2 amide bonds. The molecule has 5 rings (SSSR count). The van der Waals surface area contributed by atoms with Crippen LogP contribution in [0.3, 0.4) is 0 Å². The first-order valence-corrected chi connectivity index (χ1v) is 11.9. The van der Waals surface area contributed by atoms with E-state index in [1.807, 2.05) is 41.4 Å². The smallest absolute Gasteiger partial charge is 0.253 e. The highest BCUT2D eigenvalue weighted by atomic mass is 32.2. The molecule has 2 aliphatic heterocycles. The molecule has 1 saturated carbocycles. The lowest BCUT2D eigenvalue weighted by atomic mass is 9.83. The van der Waals surface area contributed by atoms with Crippen molar-refractivity contribution in [1.29, 1.82) is 0 Å². The summed E-state index contributed by atoms with van der Waals surface area (Å²) in [6, 6.07) is 12.8. The van der Waals surface area contributed by atoms with Crippen LogP contribution in [0, 0.1) is 5.92 Å². The number of fused-ring (bicyclic) bond motifs is 1. The summed E-state index contributed by atoms with van der Waals surface area (Å²) in [5, 5.41) is 0. The van der Waals surface area contributed by atoms with Crippen LogP contribution in [0.25, 0.3) is 0 Å². The van der Waals surface area contributed by atoms with Crippen LogP contribution in [0.4, 0.5) is 0 Å². The second kappa shape index (κ2) is 8.42. The van der Waals surface area contributed by atoms with Gasteiger partial charge in [0.25, 0.3) is 5.91 Å². The Hall–Kier alpha value is -2.34. The van der Waals surface area contributed by atoms with Crippen LogP contribution in [0.1, 0.15) is 48.0 Å². The van der Waals surface area contributed by atoms with E-state index in [2.05, 4.69) is 16.0 Å². The van der Waals surface area contributed by atoms with E-state index < -0.39 is 0 Å². The first-order chi connectivity index (χ1) is 14.7. The molecule has 0 unspecified atom stereocenters. The summed E-state index contributed by atoms with van der Waals surface area (Å²) in [6.07, 6.45) is 8.45. The van der Waals surface area contributed by atoms with Gasteiger partial charge in [0.1, 0.15) is 0 Å². The lowest BCUT2D eigenvalue weighted by molar-refractivity contribution is -0.141. The number of carbonyl (C=O) groups is 2. The Balaban J connectivity index is 1.19. The number of hydrogen-bond donors (Lipinski definition) is 0. The second-order valence-corrected chi connectivity index (χ2v) is 9.66. The van der Waals surface area contributed by atoms with Gasteiger partial charge in [-0.3, -0.25) is 14.6 Å². The Kier molecular flexibility index (Phi) is 5.50. The molecule has 6 heteroatoms. The van der Waals surface area contributed by atoms with Gasteiger partial charge in [-0.2, -0.15) is 0 Å². The highest BCUT2D eigenvalue weighted by molar-refractivity contribution is 7.98. The molecule has 3 heterocycles. The van der Waals surface area contributed by atoms with E-state index in [1.54, 1.807) is 18.0 Å².